The maximum absolute atomic E-state index is 13.4. The minimum atomic E-state index is -0.812. The Bertz CT molecular complexity index is 504. The van der Waals surface area contributed by atoms with Crippen LogP contribution in [0.4, 0.5) is 4.39 Å². The van der Waals surface area contributed by atoms with Gasteiger partial charge >= 0.3 is 0 Å². The van der Waals surface area contributed by atoms with Crippen molar-refractivity contribution >= 4 is 11.3 Å². The summed E-state index contributed by atoms with van der Waals surface area (Å²) < 4.78 is 19.0. The first-order valence-corrected chi connectivity index (χ1v) is 6.45. The number of phenolic OH excluding ortho intramolecular Hbond substituents is 1. The number of phenols is 1. The Hall–Kier alpha value is -1.46. The van der Waals surface area contributed by atoms with E-state index in [1.165, 1.54) is 23.5 Å². The zero-order chi connectivity index (χ0) is 13.2. The van der Waals surface area contributed by atoms with Crippen molar-refractivity contribution in [2.45, 2.75) is 18.9 Å². The summed E-state index contributed by atoms with van der Waals surface area (Å²) in [5.41, 5.74) is -0.242. The average molecular weight is 267 g/mol. The predicted molar refractivity (Wildman–Crippen MR) is 68.3 cm³/mol. The number of nitrogens with zero attached hydrogens (tertiary/aromatic N) is 1. The number of hydrogen-bond donors (Lipinski definition) is 1. The summed E-state index contributed by atoms with van der Waals surface area (Å²) in [5.74, 6) is -0.604. The molecule has 1 atom stereocenters. The first kappa shape index (κ1) is 13.0. The molecule has 0 radical (unpaired) electrons. The number of hydrogen-bond acceptors (Lipinski definition) is 4. The van der Waals surface area contributed by atoms with Gasteiger partial charge < -0.3 is 9.84 Å². The van der Waals surface area contributed by atoms with Crippen molar-refractivity contribution in [3.63, 3.8) is 0 Å². The number of rotatable bonds is 4. The summed E-state index contributed by atoms with van der Waals surface area (Å²) in [6, 6.07) is 3.95. The summed E-state index contributed by atoms with van der Waals surface area (Å²) in [6.45, 7) is 1.94. The molecule has 3 nitrogen and oxygen atoms in total. The first-order chi connectivity index (χ1) is 8.62. The molecule has 1 N–H and O–H groups in total. The summed E-state index contributed by atoms with van der Waals surface area (Å²) in [4.78, 5) is 4.26. The van der Waals surface area contributed by atoms with Crippen molar-refractivity contribution in [1.82, 2.24) is 4.98 Å². The van der Waals surface area contributed by atoms with Gasteiger partial charge in [-0.1, -0.05) is 6.92 Å². The molecular formula is C13H14FNO2S. The number of halogens is 1. The molecule has 0 saturated heterocycles. The second-order valence-corrected chi connectivity index (χ2v) is 4.81. The fraction of sp³-hybridized carbons (Fsp3) is 0.308. The molecular weight excluding hydrogens is 253 g/mol. The molecule has 1 aromatic heterocycles. The fourth-order valence-corrected chi connectivity index (χ4v) is 2.97. The van der Waals surface area contributed by atoms with Crippen molar-refractivity contribution in [1.29, 1.82) is 0 Å². The number of aromatic hydroxyl groups is 1. The molecule has 0 spiro atoms. The predicted octanol–water partition coefficient (Wildman–Crippen LogP) is 3.29. The molecule has 18 heavy (non-hydrogen) atoms. The van der Waals surface area contributed by atoms with E-state index in [1.807, 2.05) is 12.3 Å². The van der Waals surface area contributed by atoms with Gasteiger partial charge in [-0.15, -0.1) is 11.3 Å². The molecule has 96 valence electrons. The maximum atomic E-state index is 13.4. The molecule has 0 aliphatic carbocycles. The smallest absolute Gasteiger partial charge is 0.144 e. The molecule has 0 aliphatic rings. The third-order valence-corrected chi connectivity index (χ3v) is 3.89. The SMILES string of the molecule is CC[C@](OC)(c1cc(O)cc(F)c1)c1nccs1. The molecule has 0 unspecified atom stereocenters. The Morgan fingerprint density at radius 2 is 2.22 bits per heavy atom. The van der Waals surface area contributed by atoms with E-state index in [9.17, 15) is 9.50 Å². The van der Waals surface area contributed by atoms with E-state index in [0.29, 0.717) is 12.0 Å². The lowest BCUT2D eigenvalue weighted by Crippen LogP contribution is -2.29. The minimum Gasteiger partial charge on any atom is -0.508 e. The topological polar surface area (TPSA) is 42.4 Å². The van der Waals surface area contributed by atoms with E-state index in [4.69, 9.17) is 4.74 Å². The normalized spacial score (nSPS) is 14.4. The van der Waals surface area contributed by atoms with Crippen molar-refractivity contribution in [3.8, 4) is 5.75 Å². The van der Waals surface area contributed by atoms with E-state index in [0.717, 1.165) is 11.1 Å². The zero-order valence-corrected chi connectivity index (χ0v) is 11.0. The van der Waals surface area contributed by atoms with Crippen molar-refractivity contribution in [2.24, 2.45) is 0 Å². The largest absolute Gasteiger partial charge is 0.508 e. The summed E-state index contributed by atoms with van der Waals surface area (Å²) in [6.07, 6.45) is 2.28. The Morgan fingerprint density at radius 3 is 2.72 bits per heavy atom. The third-order valence-electron chi connectivity index (χ3n) is 2.97. The highest BCUT2D eigenvalue weighted by Crippen LogP contribution is 2.38. The van der Waals surface area contributed by atoms with Gasteiger partial charge in [0.05, 0.1) is 0 Å². The van der Waals surface area contributed by atoms with Crippen LogP contribution in [0, 0.1) is 5.82 Å². The maximum Gasteiger partial charge on any atom is 0.144 e. The van der Waals surface area contributed by atoms with Gasteiger partial charge in [-0.2, -0.15) is 0 Å². The third kappa shape index (κ3) is 2.11. The molecule has 1 heterocycles. The zero-order valence-electron chi connectivity index (χ0n) is 10.2. The van der Waals surface area contributed by atoms with Crippen molar-refractivity contribution in [3.05, 3.63) is 46.2 Å². The molecule has 0 fully saturated rings. The summed E-state index contributed by atoms with van der Waals surface area (Å²) in [7, 11) is 1.56. The van der Waals surface area contributed by atoms with E-state index in [2.05, 4.69) is 4.98 Å². The molecule has 5 heteroatoms. The van der Waals surface area contributed by atoms with Gasteiger partial charge in [-0.3, -0.25) is 0 Å². The van der Waals surface area contributed by atoms with Gasteiger partial charge in [0.15, 0.2) is 0 Å². The molecule has 0 aliphatic heterocycles. The second kappa shape index (κ2) is 5.04. The Balaban J connectivity index is 2.60. The number of methoxy groups -OCH3 is 1. The van der Waals surface area contributed by atoms with Gasteiger partial charge in [0.25, 0.3) is 0 Å². The van der Waals surface area contributed by atoms with Crippen LogP contribution in [-0.4, -0.2) is 17.2 Å². The highest BCUT2D eigenvalue weighted by atomic mass is 32.1. The monoisotopic (exact) mass is 267 g/mol. The number of ether oxygens (including phenoxy) is 1. The van der Waals surface area contributed by atoms with Gasteiger partial charge in [0, 0.05) is 24.8 Å². The Labute approximate surface area is 109 Å². The number of aromatic nitrogens is 1. The summed E-state index contributed by atoms with van der Waals surface area (Å²) in [5, 5.41) is 12.1. The van der Waals surface area contributed by atoms with Crippen LogP contribution in [0.25, 0.3) is 0 Å². The van der Waals surface area contributed by atoms with Gasteiger partial charge in [0.1, 0.15) is 22.2 Å². The van der Waals surface area contributed by atoms with Crippen molar-refractivity contribution < 1.29 is 14.2 Å². The van der Waals surface area contributed by atoms with Crippen LogP contribution >= 0.6 is 11.3 Å². The van der Waals surface area contributed by atoms with Crippen LogP contribution in [-0.2, 0) is 10.3 Å². The minimum absolute atomic E-state index is 0.114. The van der Waals surface area contributed by atoms with Crippen LogP contribution in [0.2, 0.25) is 0 Å². The van der Waals surface area contributed by atoms with Gasteiger partial charge in [-0.05, 0) is 24.1 Å². The molecule has 0 saturated carbocycles. The fourth-order valence-electron chi connectivity index (χ4n) is 2.06. The molecule has 0 bridgehead atoms. The number of benzene rings is 1. The molecule has 1 aromatic carbocycles. The van der Waals surface area contributed by atoms with E-state index in [-0.39, 0.29) is 5.75 Å². The highest BCUT2D eigenvalue weighted by molar-refractivity contribution is 7.09. The highest BCUT2D eigenvalue weighted by Gasteiger charge is 2.35. The lowest BCUT2D eigenvalue weighted by atomic mass is 9.91. The standard InChI is InChI=1S/C13H14FNO2S/c1-3-13(17-2,12-15-4-5-18-12)9-6-10(14)8-11(16)7-9/h4-8,16H,3H2,1-2H3/t13-/m0/s1. The van der Waals surface area contributed by atoms with Crippen LogP contribution in [0.5, 0.6) is 5.75 Å². The van der Waals surface area contributed by atoms with E-state index >= 15 is 0 Å². The van der Waals surface area contributed by atoms with Crippen molar-refractivity contribution in [2.75, 3.05) is 7.11 Å². The van der Waals surface area contributed by atoms with Crippen LogP contribution < -0.4 is 0 Å². The molecule has 0 amide bonds. The first-order valence-electron chi connectivity index (χ1n) is 5.57. The lowest BCUT2D eigenvalue weighted by Gasteiger charge is -2.29. The second-order valence-electron chi connectivity index (χ2n) is 3.92. The quantitative estimate of drug-likeness (QED) is 0.924. The van der Waals surface area contributed by atoms with E-state index < -0.39 is 11.4 Å². The molecule has 2 rings (SSSR count). The van der Waals surface area contributed by atoms with Crippen LogP contribution in [0.15, 0.2) is 29.8 Å². The van der Waals surface area contributed by atoms with Gasteiger partial charge in [0.2, 0.25) is 0 Å². The van der Waals surface area contributed by atoms with Crippen LogP contribution in [0.3, 0.4) is 0 Å². The Kier molecular flexibility index (Phi) is 3.63. The van der Waals surface area contributed by atoms with E-state index in [1.54, 1.807) is 13.3 Å². The molecule has 2 aromatic rings. The lowest BCUT2D eigenvalue weighted by molar-refractivity contribution is 0.0180. The summed E-state index contributed by atoms with van der Waals surface area (Å²) >= 11 is 1.45. The average Bonchev–Trinajstić information content (AvgIpc) is 2.84. The number of thiazole rings is 1. The Morgan fingerprint density at radius 1 is 1.44 bits per heavy atom. The van der Waals surface area contributed by atoms with Crippen LogP contribution in [0.1, 0.15) is 23.9 Å². The van der Waals surface area contributed by atoms with Gasteiger partial charge in [-0.25, -0.2) is 9.37 Å².